The van der Waals surface area contributed by atoms with Crippen molar-refractivity contribution >= 4 is 55.2 Å². The summed E-state index contributed by atoms with van der Waals surface area (Å²) in [5.74, 6) is -0.434. The van der Waals surface area contributed by atoms with Crippen LogP contribution in [-0.4, -0.2) is 33.6 Å². The van der Waals surface area contributed by atoms with Gasteiger partial charge in [0.05, 0.1) is 16.4 Å². The lowest BCUT2D eigenvalue weighted by Gasteiger charge is -2.35. The maximum absolute atomic E-state index is 13.4. The molecule has 6 aromatic rings. The Morgan fingerprint density at radius 2 is 1.23 bits per heavy atom. The molecule has 0 amide bonds. The van der Waals surface area contributed by atoms with E-state index in [4.69, 9.17) is 4.74 Å². The molecule has 0 aromatic heterocycles. The summed E-state index contributed by atoms with van der Waals surface area (Å²) in [6.45, 7) is 14.3. The van der Waals surface area contributed by atoms with Gasteiger partial charge in [-0.3, -0.25) is 4.79 Å². The minimum atomic E-state index is -3.77. The molecule has 0 radical (unpaired) electrons. The average Bonchev–Trinajstić information content (AvgIpc) is 3.25. The molecule has 0 heterocycles. The highest BCUT2D eigenvalue weighted by Crippen LogP contribution is 2.41. The molecule has 6 aromatic carbocycles. The van der Waals surface area contributed by atoms with Crippen molar-refractivity contribution in [3.63, 3.8) is 0 Å². The highest BCUT2D eigenvalue weighted by Gasteiger charge is 2.34. The molecular formula is C52H60N4O4S. The standard InChI is InChI=1S/C52H60N4O4S/c1-9-52(6,7)51(57)60-47-19-11-10-18-46(47)56-45-31-30-43(44-32-41(28-29-42(44)45)61(58,59)53-8)48(37-20-24-39(25-21-37)54-49-33(2)14-12-15-34(49)3)38-22-26-40(27-23-38)55-50-35(4)16-13-17-36(50)5/h12-17,20-32,46-48,53-56H,9-11,18-19H2,1-8H3. The number of carbonyl (C=O) groups excluding carboxylic acids is 1. The summed E-state index contributed by atoms with van der Waals surface area (Å²) < 4.78 is 35.5. The third kappa shape index (κ3) is 9.48. The summed E-state index contributed by atoms with van der Waals surface area (Å²) >= 11 is 0. The Bertz CT molecular complexity index is 2500. The van der Waals surface area contributed by atoms with E-state index in [1.807, 2.05) is 26.8 Å². The molecule has 4 N–H and O–H groups in total. The van der Waals surface area contributed by atoms with Gasteiger partial charge < -0.3 is 20.7 Å². The predicted octanol–water partition coefficient (Wildman–Crippen LogP) is 12.4. The Morgan fingerprint density at radius 1 is 0.705 bits per heavy atom. The molecule has 1 aliphatic carbocycles. The molecule has 8 nitrogen and oxygen atoms in total. The number of hydrogen-bond donors (Lipinski definition) is 4. The number of para-hydroxylation sites is 2. The highest BCUT2D eigenvalue weighted by molar-refractivity contribution is 7.89. The first-order valence-corrected chi connectivity index (χ1v) is 23.0. The smallest absolute Gasteiger partial charge is 0.311 e. The van der Waals surface area contributed by atoms with Gasteiger partial charge in [0, 0.05) is 39.7 Å². The maximum Gasteiger partial charge on any atom is 0.311 e. The van der Waals surface area contributed by atoms with Gasteiger partial charge in [-0.1, -0.05) is 86.1 Å². The quantitative estimate of drug-likeness (QED) is 0.0639. The van der Waals surface area contributed by atoms with Crippen LogP contribution in [0.4, 0.5) is 28.4 Å². The van der Waals surface area contributed by atoms with E-state index < -0.39 is 15.4 Å². The number of esters is 1. The van der Waals surface area contributed by atoms with Gasteiger partial charge in [-0.2, -0.15) is 0 Å². The summed E-state index contributed by atoms with van der Waals surface area (Å²) in [7, 11) is -2.33. The minimum Gasteiger partial charge on any atom is -0.460 e. The number of nitrogens with one attached hydrogen (secondary N) is 4. The molecule has 9 heteroatoms. The van der Waals surface area contributed by atoms with Crippen LogP contribution in [0.3, 0.4) is 0 Å². The number of anilines is 5. The summed E-state index contributed by atoms with van der Waals surface area (Å²) in [5.41, 5.74) is 12.2. The number of ether oxygens (including phenoxy) is 1. The van der Waals surface area contributed by atoms with Crippen molar-refractivity contribution in [2.45, 2.75) is 104 Å². The molecule has 318 valence electrons. The van der Waals surface area contributed by atoms with E-state index in [0.29, 0.717) is 6.42 Å². The van der Waals surface area contributed by atoms with E-state index in [-0.39, 0.29) is 28.9 Å². The molecule has 2 atom stereocenters. The number of carbonyl (C=O) groups is 1. The first kappa shape index (κ1) is 43.4. The molecular weight excluding hydrogens is 777 g/mol. The molecule has 0 saturated heterocycles. The maximum atomic E-state index is 13.4. The largest absolute Gasteiger partial charge is 0.460 e. The van der Waals surface area contributed by atoms with E-state index in [1.54, 1.807) is 12.1 Å². The van der Waals surface area contributed by atoms with Gasteiger partial charge in [0.2, 0.25) is 10.0 Å². The molecule has 61 heavy (non-hydrogen) atoms. The van der Waals surface area contributed by atoms with E-state index in [9.17, 15) is 13.2 Å². The van der Waals surface area contributed by atoms with Crippen molar-refractivity contribution < 1.29 is 17.9 Å². The van der Waals surface area contributed by atoms with Gasteiger partial charge in [0.1, 0.15) is 6.10 Å². The lowest BCUT2D eigenvalue weighted by atomic mass is 9.82. The van der Waals surface area contributed by atoms with Crippen molar-refractivity contribution in [2.24, 2.45) is 5.41 Å². The molecule has 1 aliphatic rings. The van der Waals surface area contributed by atoms with Crippen LogP contribution in [0.5, 0.6) is 0 Å². The monoisotopic (exact) mass is 836 g/mol. The summed E-state index contributed by atoms with van der Waals surface area (Å²) in [4.78, 5) is 13.5. The molecule has 0 spiro atoms. The van der Waals surface area contributed by atoms with Crippen LogP contribution >= 0.6 is 0 Å². The van der Waals surface area contributed by atoms with Crippen molar-refractivity contribution in [3.05, 3.63) is 154 Å². The van der Waals surface area contributed by atoms with Crippen molar-refractivity contribution in [3.8, 4) is 0 Å². The van der Waals surface area contributed by atoms with Crippen molar-refractivity contribution in [2.75, 3.05) is 23.0 Å². The topological polar surface area (TPSA) is 109 Å². The Morgan fingerprint density at radius 3 is 1.74 bits per heavy atom. The molecule has 1 fully saturated rings. The second-order valence-electron chi connectivity index (χ2n) is 17.3. The lowest BCUT2D eigenvalue weighted by molar-refractivity contribution is -0.161. The third-order valence-electron chi connectivity index (χ3n) is 12.6. The van der Waals surface area contributed by atoms with Crippen LogP contribution in [0.25, 0.3) is 10.8 Å². The average molecular weight is 837 g/mol. The number of sulfonamides is 1. The van der Waals surface area contributed by atoms with E-state index >= 15 is 0 Å². The van der Waals surface area contributed by atoms with Crippen LogP contribution in [0, 0.1) is 33.1 Å². The Kier molecular flexibility index (Phi) is 12.9. The van der Waals surface area contributed by atoms with E-state index in [1.165, 1.54) is 29.3 Å². The van der Waals surface area contributed by atoms with Crippen LogP contribution in [0.2, 0.25) is 0 Å². The van der Waals surface area contributed by atoms with E-state index in [0.717, 1.165) is 81.6 Å². The number of hydrogen-bond acceptors (Lipinski definition) is 7. The zero-order valence-electron chi connectivity index (χ0n) is 36.8. The Hall–Kier alpha value is -5.64. The highest BCUT2D eigenvalue weighted by atomic mass is 32.2. The van der Waals surface area contributed by atoms with Gasteiger partial charge in [0.15, 0.2) is 0 Å². The fourth-order valence-electron chi connectivity index (χ4n) is 8.44. The number of benzene rings is 6. The molecule has 2 unspecified atom stereocenters. The minimum absolute atomic E-state index is 0.0928. The Balaban J connectivity index is 1.34. The molecule has 0 bridgehead atoms. The lowest BCUT2D eigenvalue weighted by Crippen LogP contribution is -2.42. The fraction of sp³-hybridized carbons (Fsp3) is 0.327. The van der Waals surface area contributed by atoms with Gasteiger partial charge in [-0.15, -0.1) is 0 Å². The van der Waals surface area contributed by atoms with Gasteiger partial charge in [-0.25, -0.2) is 13.1 Å². The first-order chi connectivity index (χ1) is 29.2. The SMILES string of the molecule is CCC(C)(C)C(=O)OC1CCCCC1Nc1ccc(C(c2ccc(Nc3c(C)cccc3C)cc2)c2ccc(Nc3c(C)cccc3C)cc2)c2cc(S(=O)(=O)NC)ccc12. The fourth-order valence-corrected chi connectivity index (χ4v) is 9.19. The van der Waals surface area contributed by atoms with Gasteiger partial charge in [-0.05, 0) is 161 Å². The number of rotatable bonds is 14. The predicted molar refractivity (Wildman–Crippen MR) is 252 cm³/mol. The molecule has 0 aliphatic heterocycles. The van der Waals surface area contributed by atoms with Crippen LogP contribution < -0.4 is 20.7 Å². The van der Waals surface area contributed by atoms with Gasteiger partial charge in [0.25, 0.3) is 0 Å². The summed E-state index contributed by atoms with van der Waals surface area (Å²) in [6, 6.07) is 39.2. The zero-order valence-corrected chi connectivity index (χ0v) is 37.6. The molecule has 1 saturated carbocycles. The number of aryl methyl sites for hydroxylation is 4. The van der Waals surface area contributed by atoms with Crippen LogP contribution in [0.15, 0.2) is 120 Å². The van der Waals surface area contributed by atoms with E-state index in [2.05, 4.69) is 145 Å². The van der Waals surface area contributed by atoms with Crippen molar-refractivity contribution in [1.82, 2.24) is 4.72 Å². The van der Waals surface area contributed by atoms with Crippen molar-refractivity contribution in [1.29, 1.82) is 0 Å². The summed E-state index contributed by atoms with van der Waals surface area (Å²) in [5, 5.41) is 12.8. The van der Waals surface area contributed by atoms with Crippen LogP contribution in [-0.2, 0) is 19.6 Å². The zero-order chi connectivity index (χ0) is 43.5. The first-order valence-electron chi connectivity index (χ1n) is 21.5. The molecule has 7 rings (SSSR count). The normalized spacial score (nSPS) is 15.8. The second-order valence-corrected chi connectivity index (χ2v) is 19.2. The number of fused-ring (bicyclic) bond motifs is 1. The van der Waals surface area contributed by atoms with Gasteiger partial charge >= 0.3 is 5.97 Å². The Labute approximate surface area is 362 Å². The second kappa shape index (κ2) is 18.1. The third-order valence-corrected chi connectivity index (χ3v) is 14.1. The summed E-state index contributed by atoms with van der Waals surface area (Å²) in [6.07, 6.45) is 4.08. The van der Waals surface area contributed by atoms with Crippen LogP contribution in [0.1, 0.15) is 97.7 Å².